The summed E-state index contributed by atoms with van der Waals surface area (Å²) in [6.45, 7) is 4.29. The number of hydrogen-bond acceptors (Lipinski definition) is 2. The van der Waals surface area contributed by atoms with E-state index in [1.807, 2.05) is 4.90 Å². The van der Waals surface area contributed by atoms with Gasteiger partial charge in [0.1, 0.15) is 0 Å². The number of piperidine rings is 1. The molecule has 0 aromatic carbocycles. The predicted octanol–water partition coefficient (Wildman–Crippen LogP) is -0.0916. The van der Waals surface area contributed by atoms with Gasteiger partial charge in [-0.3, -0.25) is 9.79 Å². The highest BCUT2D eigenvalue weighted by Gasteiger charge is 2.24. The van der Waals surface area contributed by atoms with Crippen LogP contribution >= 0.6 is 0 Å². The Kier molecular flexibility index (Phi) is 4.39. The summed E-state index contributed by atoms with van der Waals surface area (Å²) in [6.07, 6.45) is 2.80. The Bertz CT molecular complexity index is 252. The van der Waals surface area contributed by atoms with Crippen molar-refractivity contribution in [3.05, 3.63) is 0 Å². The molecule has 1 aliphatic rings. The van der Waals surface area contributed by atoms with Crippen molar-refractivity contribution in [1.82, 2.24) is 4.90 Å². The van der Waals surface area contributed by atoms with Gasteiger partial charge in [-0.1, -0.05) is 6.92 Å². The standard InChI is InChI=1S/C10H20N4O/c1-2-5-13-10(12)14-6-3-4-8(7-14)9(11)15/h8H,2-7H2,1H3,(H2,11,15)(H2,12,13). The molecule has 0 saturated carbocycles. The van der Waals surface area contributed by atoms with Crippen molar-refractivity contribution in [3.8, 4) is 0 Å². The molecular weight excluding hydrogens is 192 g/mol. The summed E-state index contributed by atoms with van der Waals surface area (Å²) in [5, 5.41) is 0. The molecule has 0 aliphatic carbocycles. The molecule has 1 heterocycles. The SMILES string of the molecule is CCCN=C(N)N1CCCC(C(N)=O)C1. The molecule has 1 atom stereocenters. The van der Waals surface area contributed by atoms with Gasteiger partial charge in [0.2, 0.25) is 5.91 Å². The zero-order valence-electron chi connectivity index (χ0n) is 9.28. The van der Waals surface area contributed by atoms with E-state index in [4.69, 9.17) is 11.5 Å². The second-order valence-corrected chi connectivity index (χ2v) is 3.93. The van der Waals surface area contributed by atoms with E-state index in [1.54, 1.807) is 0 Å². The summed E-state index contributed by atoms with van der Waals surface area (Å²) in [5.41, 5.74) is 11.1. The summed E-state index contributed by atoms with van der Waals surface area (Å²) < 4.78 is 0. The van der Waals surface area contributed by atoms with Crippen molar-refractivity contribution in [2.24, 2.45) is 22.4 Å². The summed E-state index contributed by atoms with van der Waals surface area (Å²) >= 11 is 0. The third-order valence-electron chi connectivity index (χ3n) is 2.65. The maximum Gasteiger partial charge on any atom is 0.222 e. The highest BCUT2D eigenvalue weighted by atomic mass is 16.1. The molecule has 1 rings (SSSR count). The summed E-state index contributed by atoms with van der Waals surface area (Å²) in [7, 11) is 0. The summed E-state index contributed by atoms with van der Waals surface area (Å²) in [6, 6.07) is 0. The largest absolute Gasteiger partial charge is 0.370 e. The Morgan fingerprint density at radius 2 is 2.27 bits per heavy atom. The average Bonchev–Trinajstić information content (AvgIpc) is 2.26. The lowest BCUT2D eigenvalue weighted by atomic mass is 9.98. The van der Waals surface area contributed by atoms with Crippen molar-refractivity contribution in [3.63, 3.8) is 0 Å². The molecular formula is C10H20N4O. The fraction of sp³-hybridized carbons (Fsp3) is 0.800. The first-order valence-electron chi connectivity index (χ1n) is 5.49. The molecule has 0 bridgehead atoms. The van der Waals surface area contributed by atoms with Crippen LogP contribution in [-0.2, 0) is 4.79 Å². The lowest BCUT2D eigenvalue weighted by Gasteiger charge is -2.31. The summed E-state index contributed by atoms with van der Waals surface area (Å²) in [4.78, 5) is 17.2. The van der Waals surface area contributed by atoms with E-state index in [-0.39, 0.29) is 11.8 Å². The van der Waals surface area contributed by atoms with Crippen LogP contribution in [0.15, 0.2) is 4.99 Å². The third kappa shape index (κ3) is 3.42. The molecule has 5 nitrogen and oxygen atoms in total. The van der Waals surface area contributed by atoms with E-state index in [9.17, 15) is 4.79 Å². The van der Waals surface area contributed by atoms with Gasteiger partial charge in [0.05, 0.1) is 5.92 Å². The number of aliphatic imine (C=N–C) groups is 1. The van der Waals surface area contributed by atoms with E-state index >= 15 is 0 Å². The van der Waals surface area contributed by atoms with Gasteiger partial charge in [0.25, 0.3) is 0 Å². The summed E-state index contributed by atoms with van der Waals surface area (Å²) in [5.74, 6) is 0.236. The van der Waals surface area contributed by atoms with Gasteiger partial charge in [0, 0.05) is 19.6 Å². The maximum absolute atomic E-state index is 11.1. The van der Waals surface area contributed by atoms with Gasteiger partial charge in [-0.25, -0.2) is 0 Å². The molecule has 1 unspecified atom stereocenters. The zero-order chi connectivity index (χ0) is 11.3. The topological polar surface area (TPSA) is 84.7 Å². The highest BCUT2D eigenvalue weighted by Crippen LogP contribution is 2.15. The number of primary amides is 1. The van der Waals surface area contributed by atoms with Crippen molar-refractivity contribution in [2.45, 2.75) is 26.2 Å². The van der Waals surface area contributed by atoms with E-state index in [0.29, 0.717) is 12.5 Å². The number of hydrogen-bond donors (Lipinski definition) is 2. The maximum atomic E-state index is 11.1. The first-order valence-corrected chi connectivity index (χ1v) is 5.49. The minimum atomic E-state index is -0.233. The van der Waals surface area contributed by atoms with Crippen molar-refractivity contribution in [2.75, 3.05) is 19.6 Å². The van der Waals surface area contributed by atoms with Crippen LogP contribution in [0.25, 0.3) is 0 Å². The number of carbonyl (C=O) groups is 1. The third-order valence-corrected chi connectivity index (χ3v) is 2.65. The monoisotopic (exact) mass is 212 g/mol. The molecule has 86 valence electrons. The Hall–Kier alpha value is -1.26. The van der Waals surface area contributed by atoms with E-state index in [0.717, 1.165) is 32.4 Å². The minimum absolute atomic E-state index is 0.0749. The lowest BCUT2D eigenvalue weighted by molar-refractivity contribution is -0.122. The number of nitrogens with two attached hydrogens (primary N) is 2. The van der Waals surface area contributed by atoms with Crippen LogP contribution in [0.4, 0.5) is 0 Å². The van der Waals surface area contributed by atoms with Crippen molar-refractivity contribution in [1.29, 1.82) is 0 Å². The lowest BCUT2D eigenvalue weighted by Crippen LogP contribution is -2.47. The second-order valence-electron chi connectivity index (χ2n) is 3.93. The van der Waals surface area contributed by atoms with Gasteiger partial charge in [-0.15, -0.1) is 0 Å². The van der Waals surface area contributed by atoms with Crippen LogP contribution in [-0.4, -0.2) is 36.4 Å². The van der Waals surface area contributed by atoms with Gasteiger partial charge >= 0.3 is 0 Å². The van der Waals surface area contributed by atoms with E-state index < -0.39 is 0 Å². The fourth-order valence-electron chi connectivity index (χ4n) is 1.74. The van der Waals surface area contributed by atoms with E-state index in [2.05, 4.69) is 11.9 Å². The Labute approximate surface area is 90.5 Å². The molecule has 1 amide bonds. The second kappa shape index (κ2) is 5.58. The van der Waals surface area contributed by atoms with Crippen LogP contribution in [0.5, 0.6) is 0 Å². The number of guanidine groups is 1. The Morgan fingerprint density at radius 3 is 2.87 bits per heavy atom. The predicted molar refractivity (Wildman–Crippen MR) is 60.3 cm³/mol. The number of likely N-dealkylation sites (tertiary alicyclic amines) is 1. The quantitative estimate of drug-likeness (QED) is 0.506. The van der Waals surface area contributed by atoms with E-state index in [1.165, 1.54) is 0 Å². The molecule has 1 fully saturated rings. The molecule has 0 spiro atoms. The normalized spacial score (nSPS) is 22.9. The first kappa shape index (κ1) is 11.8. The molecule has 5 heteroatoms. The van der Waals surface area contributed by atoms with Crippen molar-refractivity contribution < 1.29 is 4.79 Å². The molecule has 1 aliphatic heterocycles. The fourth-order valence-corrected chi connectivity index (χ4v) is 1.74. The van der Waals surface area contributed by atoms with Crippen LogP contribution in [0, 0.1) is 5.92 Å². The van der Waals surface area contributed by atoms with Crippen LogP contribution < -0.4 is 11.5 Å². The molecule has 0 aromatic rings. The average molecular weight is 212 g/mol. The molecule has 0 aromatic heterocycles. The number of carbonyl (C=O) groups excluding carboxylic acids is 1. The van der Waals surface area contributed by atoms with Crippen LogP contribution in [0.1, 0.15) is 26.2 Å². The molecule has 1 saturated heterocycles. The minimum Gasteiger partial charge on any atom is -0.370 e. The number of nitrogens with zero attached hydrogens (tertiary/aromatic N) is 2. The van der Waals surface area contributed by atoms with Gasteiger partial charge in [-0.05, 0) is 19.3 Å². The molecule has 15 heavy (non-hydrogen) atoms. The molecule has 0 radical (unpaired) electrons. The van der Waals surface area contributed by atoms with Gasteiger partial charge in [0.15, 0.2) is 5.96 Å². The highest BCUT2D eigenvalue weighted by molar-refractivity contribution is 5.81. The molecule has 4 N–H and O–H groups in total. The number of rotatable bonds is 3. The number of amides is 1. The van der Waals surface area contributed by atoms with Crippen LogP contribution in [0.2, 0.25) is 0 Å². The first-order chi connectivity index (χ1) is 7.15. The van der Waals surface area contributed by atoms with Crippen molar-refractivity contribution >= 4 is 11.9 Å². The van der Waals surface area contributed by atoms with Crippen LogP contribution in [0.3, 0.4) is 0 Å². The van der Waals surface area contributed by atoms with Gasteiger partial charge < -0.3 is 16.4 Å². The zero-order valence-corrected chi connectivity index (χ0v) is 9.28. The van der Waals surface area contributed by atoms with Gasteiger partial charge in [-0.2, -0.15) is 0 Å². The smallest absolute Gasteiger partial charge is 0.222 e. The Balaban J connectivity index is 2.52. The Morgan fingerprint density at radius 1 is 1.53 bits per heavy atom.